The van der Waals surface area contributed by atoms with E-state index in [9.17, 15) is 14.4 Å². The van der Waals surface area contributed by atoms with Gasteiger partial charge in [-0.05, 0) is 57.2 Å². The minimum absolute atomic E-state index is 0.486. The Morgan fingerprint density at radius 3 is 2.10 bits per heavy atom. The number of carbonyl (C=O) groups is 3. The highest BCUT2D eigenvalue weighted by Gasteiger charge is 2.19. The van der Waals surface area contributed by atoms with Gasteiger partial charge in [0.2, 0.25) is 0 Å². The van der Waals surface area contributed by atoms with E-state index in [-0.39, 0.29) is 0 Å². The van der Waals surface area contributed by atoms with Crippen LogP contribution in [0.5, 0.6) is 11.5 Å². The molecular weight excluding hydrogens is 388 g/mol. The molecule has 0 radical (unpaired) electrons. The van der Waals surface area contributed by atoms with Gasteiger partial charge < -0.3 is 20.1 Å². The maximum absolute atomic E-state index is 12.1. The maximum Gasteiger partial charge on any atom is 0.319 e. The molecule has 0 spiro atoms. The molecule has 2 aromatic carbocycles. The summed E-state index contributed by atoms with van der Waals surface area (Å²) in [7, 11) is 0. The van der Waals surface area contributed by atoms with E-state index in [0.717, 1.165) is 0 Å². The van der Waals surface area contributed by atoms with Gasteiger partial charge in [0.15, 0.2) is 6.10 Å². The third-order valence-electron chi connectivity index (χ3n) is 3.90. The van der Waals surface area contributed by atoms with Crippen molar-refractivity contribution in [3.63, 3.8) is 0 Å². The first kappa shape index (κ1) is 22.5. The molecule has 0 unspecified atom stereocenters. The quantitative estimate of drug-likeness (QED) is 0.494. The summed E-state index contributed by atoms with van der Waals surface area (Å²) in [6.45, 7) is 5.48. The van der Waals surface area contributed by atoms with Gasteiger partial charge in [-0.1, -0.05) is 18.2 Å². The van der Waals surface area contributed by atoms with Crippen LogP contribution >= 0.6 is 0 Å². The van der Waals surface area contributed by atoms with Crippen molar-refractivity contribution >= 4 is 23.5 Å². The maximum atomic E-state index is 12.1. The monoisotopic (exact) mass is 414 g/mol. The molecule has 0 aromatic heterocycles. The molecule has 2 atom stereocenters. The molecule has 160 valence electrons. The van der Waals surface area contributed by atoms with Crippen LogP contribution in [-0.2, 0) is 9.59 Å². The lowest BCUT2D eigenvalue weighted by molar-refractivity contribution is -0.133. The van der Waals surface area contributed by atoms with Crippen molar-refractivity contribution in [2.45, 2.75) is 32.9 Å². The highest BCUT2D eigenvalue weighted by atomic mass is 16.5. The van der Waals surface area contributed by atoms with Crippen LogP contribution in [0.15, 0.2) is 54.6 Å². The van der Waals surface area contributed by atoms with Crippen molar-refractivity contribution in [2.24, 2.45) is 0 Å². The molecule has 0 aliphatic heterocycles. The summed E-state index contributed by atoms with van der Waals surface area (Å²) in [5.74, 6) is 0.0602. The van der Waals surface area contributed by atoms with Crippen molar-refractivity contribution in [1.82, 2.24) is 16.2 Å². The lowest BCUT2D eigenvalue weighted by Gasteiger charge is -2.18. The Balaban J connectivity index is 1.74. The molecule has 9 heteroatoms. The van der Waals surface area contributed by atoms with Crippen LogP contribution in [0.25, 0.3) is 0 Å². The summed E-state index contributed by atoms with van der Waals surface area (Å²) >= 11 is 0. The first-order valence-electron chi connectivity index (χ1n) is 9.50. The molecule has 4 amide bonds. The van der Waals surface area contributed by atoms with Crippen molar-refractivity contribution in [1.29, 1.82) is 0 Å². The highest BCUT2D eigenvalue weighted by Crippen LogP contribution is 2.18. The third kappa shape index (κ3) is 7.34. The zero-order valence-electron chi connectivity index (χ0n) is 17.1. The van der Waals surface area contributed by atoms with Crippen LogP contribution in [0.1, 0.15) is 20.8 Å². The number of urea groups is 1. The summed E-state index contributed by atoms with van der Waals surface area (Å²) in [6, 6.07) is 14.2. The summed E-state index contributed by atoms with van der Waals surface area (Å²) in [5, 5.41) is 5.08. The normalized spacial score (nSPS) is 12.1. The highest BCUT2D eigenvalue weighted by molar-refractivity contribution is 5.94. The van der Waals surface area contributed by atoms with Gasteiger partial charge in [0, 0.05) is 5.69 Å². The number of ether oxygens (including phenoxy) is 2. The molecule has 0 fully saturated rings. The van der Waals surface area contributed by atoms with Crippen molar-refractivity contribution in [2.75, 3.05) is 11.9 Å². The Morgan fingerprint density at radius 1 is 0.867 bits per heavy atom. The van der Waals surface area contributed by atoms with Crippen LogP contribution in [0.3, 0.4) is 0 Å². The Kier molecular flexibility index (Phi) is 8.49. The number of hydrogen-bond donors (Lipinski definition) is 4. The first-order valence-corrected chi connectivity index (χ1v) is 9.50. The minimum atomic E-state index is -0.878. The largest absolute Gasteiger partial charge is 0.494 e. The van der Waals surface area contributed by atoms with Crippen molar-refractivity contribution in [3.05, 3.63) is 54.6 Å². The van der Waals surface area contributed by atoms with Gasteiger partial charge in [0.1, 0.15) is 17.5 Å². The fourth-order valence-electron chi connectivity index (χ4n) is 2.32. The minimum Gasteiger partial charge on any atom is -0.494 e. The van der Waals surface area contributed by atoms with E-state index < -0.39 is 30.0 Å². The number of amides is 4. The van der Waals surface area contributed by atoms with Gasteiger partial charge in [-0.3, -0.25) is 20.4 Å². The molecule has 0 bridgehead atoms. The van der Waals surface area contributed by atoms with E-state index in [1.807, 2.05) is 13.0 Å². The van der Waals surface area contributed by atoms with E-state index in [1.165, 1.54) is 6.92 Å². The fraction of sp³-hybridized carbons (Fsp3) is 0.286. The number of carbonyl (C=O) groups excluding carboxylic acids is 3. The van der Waals surface area contributed by atoms with Crippen LogP contribution in [-0.4, -0.2) is 36.6 Å². The van der Waals surface area contributed by atoms with E-state index in [4.69, 9.17) is 9.47 Å². The first-order chi connectivity index (χ1) is 14.4. The Hall–Kier alpha value is -3.75. The van der Waals surface area contributed by atoms with Gasteiger partial charge in [-0.25, -0.2) is 4.79 Å². The summed E-state index contributed by atoms with van der Waals surface area (Å²) in [4.78, 5) is 36.1. The number of rotatable bonds is 8. The number of hydrazine groups is 1. The van der Waals surface area contributed by atoms with Crippen LogP contribution < -0.4 is 31.0 Å². The molecule has 4 N–H and O–H groups in total. The number of para-hydroxylation sites is 1. The molecule has 0 aliphatic carbocycles. The fourth-order valence-corrected chi connectivity index (χ4v) is 2.32. The number of anilines is 1. The number of hydrogen-bond acceptors (Lipinski definition) is 5. The standard InChI is InChI=1S/C21H26N4O5/c1-4-29-17-10-12-18(13-11-17)30-15(3)20(27)25-24-19(26)14(2)22-21(28)23-16-8-6-5-7-9-16/h5-15H,4H2,1-3H3,(H,24,26)(H,25,27)(H2,22,23,28)/t14-,15-/m1/s1. The smallest absolute Gasteiger partial charge is 0.319 e. The Bertz CT molecular complexity index is 842. The molecule has 30 heavy (non-hydrogen) atoms. The summed E-state index contributed by atoms with van der Waals surface area (Å²) in [6.07, 6.45) is -0.854. The Morgan fingerprint density at radius 2 is 1.47 bits per heavy atom. The van der Waals surface area contributed by atoms with Crippen molar-refractivity contribution in [3.8, 4) is 11.5 Å². The lowest BCUT2D eigenvalue weighted by Crippen LogP contribution is -2.53. The van der Waals surface area contributed by atoms with Crippen LogP contribution in [0.4, 0.5) is 10.5 Å². The van der Waals surface area contributed by atoms with Crippen molar-refractivity contribution < 1.29 is 23.9 Å². The molecule has 9 nitrogen and oxygen atoms in total. The lowest BCUT2D eigenvalue weighted by atomic mass is 10.3. The zero-order chi connectivity index (χ0) is 21.9. The van der Waals surface area contributed by atoms with Gasteiger partial charge in [-0.2, -0.15) is 0 Å². The topological polar surface area (TPSA) is 118 Å². The van der Waals surface area contributed by atoms with Gasteiger partial charge in [0.05, 0.1) is 6.61 Å². The second-order valence-electron chi connectivity index (χ2n) is 6.33. The second kappa shape index (κ2) is 11.3. The van der Waals surface area contributed by atoms with E-state index >= 15 is 0 Å². The zero-order valence-corrected chi connectivity index (χ0v) is 17.1. The van der Waals surface area contributed by atoms with E-state index in [2.05, 4.69) is 21.5 Å². The van der Waals surface area contributed by atoms with Crippen LogP contribution in [0, 0.1) is 0 Å². The predicted molar refractivity (Wildman–Crippen MR) is 112 cm³/mol. The average molecular weight is 414 g/mol. The van der Waals surface area contributed by atoms with Gasteiger partial charge >= 0.3 is 6.03 Å². The summed E-state index contributed by atoms with van der Waals surface area (Å²) < 4.78 is 10.9. The number of nitrogens with one attached hydrogen (secondary N) is 4. The number of benzene rings is 2. The average Bonchev–Trinajstić information content (AvgIpc) is 2.73. The van der Waals surface area contributed by atoms with Gasteiger partial charge in [-0.15, -0.1) is 0 Å². The molecule has 2 rings (SSSR count). The molecule has 0 saturated heterocycles. The second-order valence-corrected chi connectivity index (χ2v) is 6.33. The molecule has 0 aliphatic rings. The molecule has 0 saturated carbocycles. The third-order valence-corrected chi connectivity index (χ3v) is 3.90. The Labute approximate surface area is 175 Å². The SMILES string of the molecule is CCOc1ccc(O[C@H](C)C(=O)NNC(=O)[C@@H](C)NC(=O)Nc2ccccc2)cc1. The summed E-state index contributed by atoms with van der Waals surface area (Å²) in [5.41, 5.74) is 5.13. The molecule has 0 heterocycles. The molecule has 2 aromatic rings. The predicted octanol–water partition coefficient (Wildman–Crippen LogP) is 2.21. The molecular formula is C21H26N4O5. The van der Waals surface area contributed by atoms with Gasteiger partial charge in [0.25, 0.3) is 11.8 Å². The van der Waals surface area contributed by atoms with E-state index in [0.29, 0.717) is 23.8 Å². The van der Waals surface area contributed by atoms with E-state index in [1.54, 1.807) is 55.5 Å². The van der Waals surface area contributed by atoms with Crippen LogP contribution in [0.2, 0.25) is 0 Å².